The number of piperazine rings is 1. The van der Waals surface area contributed by atoms with E-state index in [-0.39, 0.29) is 17.1 Å². The second kappa shape index (κ2) is 7.51. The molecule has 26 heavy (non-hydrogen) atoms. The van der Waals surface area contributed by atoms with Crippen LogP contribution in [0.15, 0.2) is 41.3 Å². The van der Waals surface area contributed by atoms with Gasteiger partial charge in [-0.2, -0.15) is 0 Å². The number of ether oxygens (including phenoxy) is 2. The highest BCUT2D eigenvalue weighted by atomic mass is 16.5. The zero-order valence-corrected chi connectivity index (χ0v) is 15.3. The van der Waals surface area contributed by atoms with E-state index in [9.17, 15) is 9.59 Å². The third-order valence-corrected chi connectivity index (χ3v) is 4.65. The number of anilines is 1. The highest BCUT2D eigenvalue weighted by Gasteiger charge is 2.24. The summed E-state index contributed by atoms with van der Waals surface area (Å²) in [5.74, 6) is 0.915. The van der Waals surface area contributed by atoms with Gasteiger partial charge in [-0.15, -0.1) is 0 Å². The van der Waals surface area contributed by atoms with Gasteiger partial charge in [0.05, 0.1) is 20.4 Å². The van der Waals surface area contributed by atoms with Crippen molar-refractivity contribution in [1.29, 1.82) is 0 Å². The largest absolute Gasteiger partial charge is 0.497 e. The smallest absolute Gasteiger partial charge is 0.270 e. The van der Waals surface area contributed by atoms with E-state index in [0.29, 0.717) is 18.8 Å². The van der Waals surface area contributed by atoms with Crippen molar-refractivity contribution in [3.8, 4) is 11.5 Å². The van der Waals surface area contributed by atoms with Crippen LogP contribution in [0, 0.1) is 0 Å². The number of methoxy groups -OCH3 is 2. The molecule has 0 atom stereocenters. The number of rotatable bonds is 4. The molecule has 1 fully saturated rings. The summed E-state index contributed by atoms with van der Waals surface area (Å²) in [4.78, 5) is 28.8. The number of carbonyl (C=O) groups excluding carboxylic acids is 1. The van der Waals surface area contributed by atoms with Gasteiger partial charge in [0, 0.05) is 45.0 Å². The first-order valence-electron chi connectivity index (χ1n) is 8.46. The molecule has 1 aromatic heterocycles. The second-order valence-electron chi connectivity index (χ2n) is 6.18. The van der Waals surface area contributed by atoms with Gasteiger partial charge in [-0.25, -0.2) is 0 Å². The highest BCUT2D eigenvalue weighted by molar-refractivity contribution is 5.92. The number of hydrogen-bond acceptors (Lipinski definition) is 5. The quantitative estimate of drug-likeness (QED) is 0.827. The van der Waals surface area contributed by atoms with Crippen molar-refractivity contribution in [2.75, 3.05) is 45.3 Å². The molecule has 7 heteroatoms. The maximum absolute atomic E-state index is 12.8. The van der Waals surface area contributed by atoms with Crippen molar-refractivity contribution in [3.63, 3.8) is 0 Å². The van der Waals surface area contributed by atoms with Crippen molar-refractivity contribution in [1.82, 2.24) is 9.47 Å². The molecular weight excluding hydrogens is 334 g/mol. The molecule has 0 radical (unpaired) electrons. The minimum Gasteiger partial charge on any atom is -0.497 e. The summed E-state index contributed by atoms with van der Waals surface area (Å²) >= 11 is 0. The van der Waals surface area contributed by atoms with E-state index >= 15 is 0 Å². The summed E-state index contributed by atoms with van der Waals surface area (Å²) in [6.07, 6.45) is 1.54. The average molecular weight is 357 g/mol. The van der Waals surface area contributed by atoms with Gasteiger partial charge in [-0.3, -0.25) is 9.59 Å². The molecule has 2 heterocycles. The highest BCUT2D eigenvalue weighted by Crippen LogP contribution is 2.21. The third-order valence-electron chi connectivity index (χ3n) is 4.65. The Hall–Kier alpha value is -2.96. The number of aryl methyl sites for hydroxylation is 1. The van der Waals surface area contributed by atoms with Crippen LogP contribution in [-0.4, -0.2) is 55.8 Å². The number of aromatic nitrogens is 1. The SMILES string of the molecule is COc1ccc(N2CCN(C(=O)c3cc(=O)c(OC)cn3C)CC2)cc1. The molecule has 1 saturated heterocycles. The lowest BCUT2D eigenvalue weighted by Gasteiger charge is -2.36. The standard InChI is InChI=1S/C19H23N3O4/c1-20-13-18(26-3)17(23)12-16(20)19(24)22-10-8-21(9-11-22)14-4-6-15(25-2)7-5-14/h4-7,12-13H,8-11H2,1-3H3. The van der Waals surface area contributed by atoms with Crippen LogP contribution in [0.1, 0.15) is 10.5 Å². The first kappa shape index (κ1) is 17.8. The summed E-state index contributed by atoms with van der Waals surface area (Å²) in [6, 6.07) is 9.24. The lowest BCUT2D eigenvalue weighted by Crippen LogP contribution is -2.49. The molecule has 0 unspecified atom stereocenters. The van der Waals surface area contributed by atoms with E-state index in [0.717, 1.165) is 24.5 Å². The van der Waals surface area contributed by atoms with Crippen molar-refractivity contribution in [2.24, 2.45) is 7.05 Å². The van der Waals surface area contributed by atoms with Gasteiger partial charge in [-0.05, 0) is 24.3 Å². The molecule has 2 aromatic rings. The Bertz CT molecular complexity index is 837. The molecule has 0 bridgehead atoms. The zero-order valence-electron chi connectivity index (χ0n) is 15.3. The Morgan fingerprint density at radius 2 is 1.65 bits per heavy atom. The summed E-state index contributed by atoms with van der Waals surface area (Å²) in [5.41, 5.74) is 1.19. The molecule has 0 N–H and O–H groups in total. The molecule has 0 aliphatic carbocycles. The van der Waals surface area contributed by atoms with Crippen LogP contribution in [0.3, 0.4) is 0 Å². The van der Waals surface area contributed by atoms with E-state index in [2.05, 4.69) is 4.90 Å². The molecule has 1 amide bonds. The maximum Gasteiger partial charge on any atom is 0.270 e. The Kier molecular flexibility index (Phi) is 5.16. The number of amides is 1. The minimum absolute atomic E-state index is 0.137. The molecule has 0 spiro atoms. The number of carbonyl (C=O) groups is 1. The van der Waals surface area contributed by atoms with Crippen LogP contribution in [0.25, 0.3) is 0 Å². The number of benzene rings is 1. The molecule has 138 valence electrons. The van der Waals surface area contributed by atoms with Gasteiger partial charge >= 0.3 is 0 Å². The number of nitrogens with zero attached hydrogens (tertiary/aromatic N) is 3. The Balaban J connectivity index is 1.68. The van der Waals surface area contributed by atoms with Gasteiger partial charge in [0.25, 0.3) is 5.91 Å². The normalized spacial score (nSPS) is 14.3. The van der Waals surface area contributed by atoms with Gasteiger partial charge in [0.15, 0.2) is 5.75 Å². The van der Waals surface area contributed by atoms with Gasteiger partial charge in [0.2, 0.25) is 5.43 Å². The summed E-state index contributed by atoms with van der Waals surface area (Å²) < 4.78 is 11.8. The van der Waals surface area contributed by atoms with E-state index in [1.807, 2.05) is 24.3 Å². The van der Waals surface area contributed by atoms with Gasteiger partial charge in [-0.1, -0.05) is 0 Å². The molecule has 3 rings (SSSR count). The first-order chi connectivity index (χ1) is 12.5. The van der Waals surface area contributed by atoms with Gasteiger partial charge < -0.3 is 23.8 Å². The zero-order chi connectivity index (χ0) is 18.7. The monoisotopic (exact) mass is 357 g/mol. The molecule has 1 aromatic carbocycles. The Labute approximate surface area is 152 Å². The lowest BCUT2D eigenvalue weighted by atomic mass is 10.2. The van der Waals surface area contributed by atoms with Crippen molar-refractivity contribution in [2.45, 2.75) is 0 Å². The second-order valence-corrected chi connectivity index (χ2v) is 6.18. The van der Waals surface area contributed by atoms with Crippen LogP contribution < -0.4 is 19.8 Å². The fourth-order valence-corrected chi connectivity index (χ4v) is 3.09. The fourth-order valence-electron chi connectivity index (χ4n) is 3.09. The topological polar surface area (TPSA) is 64.0 Å². The maximum atomic E-state index is 12.8. The van der Waals surface area contributed by atoms with Crippen molar-refractivity contribution in [3.05, 3.63) is 52.4 Å². The molecule has 7 nitrogen and oxygen atoms in total. The van der Waals surface area contributed by atoms with Crippen LogP contribution in [0.4, 0.5) is 5.69 Å². The average Bonchev–Trinajstić information content (AvgIpc) is 2.69. The van der Waals surface area contributed by atoms with Crippen LogP contribution in [-0.2, 0) is 7.05 Å². The molecule has 0 saturated carbocycles. The van der Waals surface area contributed by atoms with E-state index in [4.69, 9.17) is 9.47 Å². The van der Waals surface area contributed by atoms with E-state index in [1.54, 1.807) is 29.8 Å². The fraction of sp³-hybridized carbons (Fsp3) is 0.368. The number of hydrogen-bond donors (Lipinski definition) is 0. The van der Waals surface area contributed by atoms with Crippen LogP contribution >= 0.6 is 0 Å². The lowest BCUT2D eigenvalue weighted by molar-refractivity contribution is 0.0736. The van der Waals surface area contributed by atoms with Crippen molar-refractivity contribution < 1.29 is 14.3 Å². The minimum atomic E-state index is -0.286. The summed E-state index contributed by atoms with van der Waals surface area (Å²) in [7, 11) is 4.82. The predicted octanol–water partition coefficient (Wildman–Crippen LogP) is 1.36. The third kappa shape index (κ3) is 3.51. The number of pyridine rings is 1. The molecule has 1 aliphatic rings. The predicted molar refractivity (Wildman–Crippen MR) is 99.3 cm³/mol. The molecular formula is C19H23N3O4. The van der Waals surface area contributed by atoms with Crippen LogP contribution in [0.5, 0.6) is 11.5 Å². The van der Waals surface area contributed by atoms with E-state index < -0.39 is 0 Å². The summed E-state index contributed by atoms with van der Waals surface area (Å²) in [6.45, 7) is 2.68. The Morgan fingerprint density at radius 1 is 1.00 bits per heavy atom. The van der Waals surface area contributed by atoms with Crippen LogP contribution in [0.2, 0.25) is 0 Å². The summed E-state index contributed by atoms with van der Waals surface area (Å²) in [5, 5.41) is 0. The Morgan fingerprint density at radius 3 is 2.23 bits per heavy atom. The molecule has 1 aliphatic heterocycles. The first-order valence-corrected chi connectivity index (χ1v) is 8.46. The van der Waals surface area contributed by atoms with Crippen molar-refractivity contribution >= 4 is 11.6 Å². The van der Waals surface area contributed by atoms with Gasteiger partial charge in [0.1, 0.15) is 11.4 Å². The van der Waals surface area contributed by atoms with E-state index in [1.165, 1.54) is 13.2 Å².